The van der Waals surface area contributed by atoms with Crippen molar-refractivity contribution in [1.82, 2.24) is 59.8 Å². The number of nitrogens with two attached hydrogens (primary N) is 1. The summed E-state index contributed by atoms with van der Waals surface area (Å²) in [6, 6.07) is 30.6. The van der Waals surface area contributed by atoms with Crippen LogP contribution in [0, 0.1) is 65.8 Å². The van der Waals surface area contributed by atoms with Gasteiger partial charge in [-0.3, -0.25) is 29.5 Å². The Bertz CT molecular complexity index is 5990. The van der Waals surface area contributed by atoms with Crippen LogP contribution in [-0.2, 0) is 16.6 Å². The number of carbonyl (C=O) groups is 2. The Morgan fingerprint density at radius 1 is 0.433 bits per heavy atom. The van der Waals surface area contributed by atoms with Gasteiger partial charge < -0.3 is 30.1 Å². The number of hydrogen-bond donors (Lipinski definition) is 1. The second kappa shape index (κ2) is 35.7. The maximum atomic E-state index is 15.8. The van der Waals surface area contributed by atoms with Gasteiger partial charge in [0.1, 0.15) is 68.7 Å². The topological polar surface area (TPSA) is 270 Å². The van der Waals surface area contributed by atoms with Crippen LogP contribution in [0.25, 0.3) is 45.4 Å². The Morgan fingerprint density at radius 3 is 1.09 bits per heavy atom. The summed E-state index contributed by atoms with van der Waals surface area (Å²) in [6.45, 7) is 15.8. The fourth-order valence-electron chi connectivity index (χ4n) is 14.8. The molecule has 2 N–H and O–H groups in total. The summed E-state index contributed by atoms with van der Waals surface area (Å²) in [5.74, 6) is -3.45. The van der Waals surface area contributed by atoms with Gasteiger partial charge in [-0.25, -0.2) is 84.4 Å². The average Bonchev–Trinajstić information content (AvgIpc) is 1.57. The van der Waals surface area contributed by atoms with E-state index in [-0.39, 0.29) is 124 Å². The van der Waals surface area contributed by atoms with Gasteiger partial charge in [-0.15, -0.1) is 33.5 Å². The van der Waals surface area contributed by atoms with Crippen molar-refractivity contribution in [2.75, 3.05) is 71.2 Å². The van der Waals surface area contributed by atoms with Crippen LogP contribution in [0.2, 0.25) is 5.15 Å². The Labute approximate surface area is 696 Å². The molecule has 12 heterocycles. The van der Waals surface area contributed by atoms with Crippen LogP contribution in [0.5, 0.6) is 0 Å². The minimum Gasteiger partial charge on any atom is -0.379 e. The molecule has 11 aromatic rings. The number of halogens is 10. The molecule has 0 radical (unpaired) electrons. The van der Waals surface area contributed by atoms with Gasteiger partial charge in [-0.1, -0.05) is 115 Å². The summed E-state index contributed by atoms with van der Waals surface area (Å²) in [5, 5.41) is 1.59. The van der Waals surface area contributed by atoms with Crippen molar-refractivity contribution < 1.29 is 49.1 Å². The zero-order chi connectivity index (χ0) is 83.8. The van der Waals surface area contributed by atoms with Crippen molar-refractivity contribution in [1.29, 1.82) is 0 Å². The lowest BCUT2D eigenvalue weighted by atomic mass is 9.80. The number of thioether (sulfide) groups is 3. The first kappa shape index (κ1) is 82.2. The van der Waals surface area contributed by atoms with Crippen LogP contribution in [0.15, 0.2) is 205 Å². The molecular formula is C84H61ClF9N21O2S3. The van der Waals surface area contributed by atoms with E-state index in [4.69, 9.17) is 40.5 Å². The van der Waals surface area contributed by atoms with E-state index in [1.54, 1.807) is 66.7 Å². The lowest BCUT2D eigenvalue weighted by Gasteiger charge is -2.36. The molecule has 0 spiro atoms. The number of amidine groups is 1. The molecule has 0 amide bonds. The van der Waals surface area contributed by atoms with E-state index in [1.807, 2.05) is 26.8 Å². The molecule has 0 unspecified atom stereocenters. The number of aromatic nitrogens is 12. The predicted octanol–water partition coefficient (Wildman–Crippen LogP) is 16.7. The Kier molecular flexibility index (Phi) is 24.4. The molecule has 3 fully saturated rings. The van der Waals surface area contributed by atoms with Crippen LogP contribution < -0.4 is 20.4 Å². The highest BCUT2D eigenvalue weighted by Crippen LogP contribution is 2.52. The molecule has 0 saturated carbocycles. The van der Waals surface area contributed by atoms with E-state index in [0.29, 0.717) is 85.9 Å². The van der Waals surface area contributed by atoms with E-state index in [9.17, 15) is 27.2 Å². The Balaban J connectivity index is 0.000000141. The van der Waals surface area contributed by atoms with Crippen LogP contribution in [0.3, 0.4) is 0 Å². The molecule has 36 heteroatoms. The van der Waals surface area contributed by atoms with Crippen molar-refractivity contribution in [2.24, 2.45) is 38.5 Å². The first-order valence-corrected chi connectivity index (χ1v) is 40.0. The summed E-state index contributed by atoms with van der Waals surface area (Å²) < 4.78 is 132. The number of ketones is 2. The highest BCUT2D eigenvalue weighted by molar-refractivity contribution is 8.14. The van der Waals surface area contributed by atoms with Gasteiger partial charge in [-0.2, -0.15) is 0 Å². The van der Waals surface area contributed by atoms with Gasteiger partial charge >= 0.3 is 0 Å². The third-order valence-electron chi connectivity index (χ3n) is 20.5. The quantitative estimate of drug-likeness (QED) is 0.0475. The number of rotatable bonds is 18. The SMILES string of the molecule is O=C(CC1=N[C@@]2(c3cc(/C=C(\F)c4cnc(Cl)cn4)ccc3F)CN(c3ncc(F)cn3)C[C@H]2CS1)c1ccccc1.[C-]#[N+]c1cnc(/C(F)=C/c2ccc(F)c([C@]34CN(c5ncc(F)cn5)C[C@H]3CSC(CC(=O)c3ccccc3)=N4)c2)cn1.[C-]#[N+]c1cnc(/C(F)=C/c2ccc(F)c([C@]34CN(c5ncc(F)cn5)C[C@H]3CSC(N)=N4)c2)cn1. The molecule has 23 nitrogen and oxygen atoms in total. The van der Waals surface area contributed by atoms with Crippen molar-refractivity contribution >= 4 is 139 Å². The molecule has 3 saturated heterocycles. The van der Waals surface area contributed by atoms with Gasteiger partial charge in [0.05, 0.1) is 105 Å². The smallest absolute Gasteiger partial charge is 0.287 e. The largest absolute Gasteiger partial charge is 0.379 e. The molecule has 6 aliphatic heterocycles. The predicted molar refractivity (Wildman–Crippen MR) is 443 cm³/mol. The third-order valence-corrected chi connectivity index (χ3v) is 24.0. The number of Topliss-reactive ketones (excluding diaryl/α,β-unsaturated/α-hetero) is 2. The van der Waals surface area contributed by atoms with Crippen LogP contribution in [-0.4, -0.2) is 143 Å². The zero-order valence-corrected chi connectivity index (χ0v) is 65.7. The van der Waals surface area contributed by atoms with Gasteiger partial charge in [-0.05, 0) is 71.3 Å². The lowest BCUT2D eigenvalue weighted by molar-refractivity contribution is 0.0992. The fourth-order valence-corrected chi connectivity index (χ4v) is 18.4. The molecule has 120 heavy (non-hydrogen) atoms. The summed E-state index contributed by atoms with van der Waals surface area (Å²) in [7, 11) is 0. The fraction of sp³-hybridized carbons (Fsp3) is 0.202. The summed E-state index contributed by atoms with van der Waals surface area (Å²) in [4.78, 5) is 101. The van der Waals surface area contributed by atoms with E-state index >= 15 is 22.0 Å². The number of nitrogens with zero attached hydrogens (tertiary/aromatic N) is 20. The van der Waals surface area contributed by atoms with Gasteiger partial charge in [0, 0.05) is 82.5 Å². The van der Waals surface area contributed by atoms with Crippen molar-refractivity contribution in [3.8, 4) is 0 Å². The number of fused-ring (bicyclic) bond motifs is 3. The average molecular weight is 1700 g/mol. The molecule has 6 atom stereocenters. The molecule has 17 rings (SSSR count). The van der Waals surface area contributed by atoms with Gasteiger partial charge in [0.2, 0.25) is 17.8 Å². The van der Waals surface area contributed by atoms with Crippen LogP contribution >= 0.6 is 46.9 Å². The van der Waals surface area contributed by atoms with Gasteiger partial charge in [0.15, 0.2) is 51.7 Å². The number of carbonyl (C=O) groups excluding carboxylic acids is 2. The highest BCUT2D eigenvalue weighted by Gasteiger charge is 2.55. The standard InChI is InChI=1S/C31H22F3N7OS.C30H22ClF3N6OS.C23H17F3N8S/c1-35-28-15-36-26(14-37-28)25(34)10-19-7-8-24(33)23(9-19)31-18-41(30-38-12-22(32)13-39-30)16-21(31)17-43-29(40-31)11-27(42)20-5-3-2-4-6-20;31-27-14-35-25(13-36-27)24(34)9-18-6-7-23(33)22(8-18)30-17-40(29-37-11-21(32)12-38-29)15-20(30)16-42-28(39-30)10-26(41)19-4-2-1-3-5-19;1-28-20-9-29-19(8-30-20)18(26)5-13-2-3-17(25)16(4-13)23-12-34(22-31-6-15(24)7-32-22)10-14(23)11-35-21(27)33-23/h2-10,12-15,21H,11,16-18H2;1-9,11-14,20H,10,15-17H2;2-9,14H,10-12H2,(H2,27,33)/b25-10-;24-9-;18-5-/t21-,31-;20-,30-;14-,23-/m000/s1. The molecule has 6 aromatic heterocycles. The summed E-state index contributed by atoms with van der Waals surface area (Å²) in [5.41, 5.74) is 5.65. The Morgan fingerprint density at radius 2 is 0.767 bits per heavy atom. The second-order valence-corrected chi connectivity index (χ2v) is 31.7. The van der Waals surface area contributed by atoms with Crippen LogP contribution in [0.1, 0.15) is 84.0 Å². The number of anilines is 3. The first-order valence-electron chi connectivity index (χ1n) is 36.7. The maximum Gasteiger partial charge on any atom is 0.287 e. The van der Waals surface area contributed by atoms with Crippen molar-refractivity contribution in [2.45, 2.75) is 29.5 Å². The minimum absolute atomic E-state index is 0.0180. The van der Waals surface area contributed by atoms with Crippen molar-refractivity contribution in [3.63, 3.8) is 0 Å². The lowest BCUT2D eigenvalue weighted by Crippen LogP contribution is -2.40. The molecular weight excluding hydrogens is 1640 g/mol. The maximum absolute atomic E-state index is 15.8. The number of aliphatic imine (C=N–C) groups is 3. The van der Waals surface area contributed by atoms with Crippen molar-refractivity contribution in [3.05, 3.63) is 314 Å². The van der Waals surface area contributed by atoms with E-state index in [1.165, 1.54) is 121 Å². The van der Waals surface area contributed by atoms with E-state index in [2.05, 4.69) is 74.5 Å². The Hall–Kier alpha value is -13.0. The third kappa shape index (κ3) is 18.0. The van der Waals surface area contributed by atoms with E-state index < -0.39 is 69.0 Å². The number of benzene rings is 5. The molecule has 5 aromatic carbocycles. The monoisotopic (exact) mass is 1700 g/mol. The van der Waals surface area contributed by atoms with Gasteiger partial charge in [0.25, 0.3) is 11.6 Å². The zero-order valence-electron chi connectivity index (χ0n) is 62.5. The number of hydrogen-bond acceptors (Lipinski definition) is 24. The molecule has 0 aliphatic carbocycles. The summed E-state index contributed by atoms with van der Waals surface area (Å²) >= 11 is 10.1. The molecule has 0 bridgehead atoms. The first-order chi connectivity index (χ1) is 58.0. The molecule has 6 aliphatic rings. The minimum atomic E-state index is -1.14. The normalized spacial score (nSPS) is 20.6. The second-order valence-electron chi connectivity index (χ2n) is 28.1. The van der Waals surface area contributed by atoms with E-state index in [0.717, 1.165) is 43.4 Å². The molecule has 602 valence electrons. The highest BCUT2D eigenvalue weighted by atomic mass is 35.5. The summed E-state index contributed by atoms with van der Waals surface area (Å²) in [6.07, 6.45) is 17.4. The van der Waals surface area contributed by atoms with Crippen LogP contribution in [0.4, 0.5) is 69.0 Å².